The van der Waals surface area contributed by atoms with Crippen LogP contribution < -0.4 is 10.6 Å². The molecule has 0 spiro atoms. The van der Waals surface area contributed by atoms with Gasteiger partial charge < -0.3 is 15.2 Å². The number of amides is 1. The molecular formula is C13H20N4O2. The molecule has 0 bridgehead atoms. The van der Waals surface area contributed by atoms with Gasteiger partial charge in [-0.1, -0.05) is 5.16 Å². The highest BCUT2D eigenvalue weighted by Gasteiger charge is 2.35. The van der Waals surface area contributed by atoms with Crippen molar-refractivity contribution in [3.05, 3.63) is 12.5 Å². The molecule has 2 aliphatic heterocycles. The molecule has 3 rings (SSSR count). The first-order valence-corrected chi connectivity index (χ1v) is 7.01. The molecule has 3 heterocycles. The zero-order valence-electron chi connectivity index (χ0n) is 11.0. The lowest BCUT2D eigenvalue weighted by atomic mass is 10.0. The maximum absolute atomic E-state index is 12.3. The molecule has 0 radical (unpaired) electrons. The van der Waals surface area contributed by atoms with Crippen LogP contribution in [0.15, 0.2) is 17.0 Å². The number of carbonyl (C=O) groups is 1. The topological polar surface area (TPSA) is 70.4 Å². The highest BCUT2D eigenvalue weighted by Crippen LogP contribution is 2.25. The number of hydrogen-bond donors (Lipinski definition) is 2. The number of anilines is 1. The normalized spacial score (nSPS) is 25.6. The van der Waals surface area contributed by atoms with Crippen LogP contribution >= 0.6 is 0 Å². The Labute approximate surface area is 112 Å². The highest BCUT2D eigenvalue weighted by atomic mass is 16.5. The van der Waals surface area contributed by atoms with Gasteiger partial charge in [0, 0.05) is 6.04 Å². The second kappa shape index (κ2) is 5.71. The van der Waals surface area contributed by atoms with Gasteiger partial charge in [-0.25, -0.2) is 0 Å². The minimum Gasteiger partial charge on any atom is -0.363 e. The Morgan fingerprint density at radius 1 is 1.42 bits per heavy atom. The van der Waals surface area contributed by atoms with Gasteiger partial charge in [0.15, 0.2) is 0 Å². The van der Waals surface area contributed by atoms with E-state index in [0.717, 1.165) is 45.3 Å². The summed E-state index contributed by atoms with van der Waals surface area (Å²) in [5, 5.41) is 9.85. The Hall–Kier alpha value is -1.40. The minimum absolute atomic E-state index is 0.00185. The number of hydrogen-bond acceptors (Lipinski definition) is 5. The van der Waals surface area contributed by atoms with Gasteiger partial charge >= 0.3 is 0 Å². The Bertz CT molecular complexity index is 414. The van der Waals surface area contributed by atoms with Gasteiger partial charge in [0.2, 0.25) is 5.91 Å². The molecule has 1 aromatic heterocycles. The SMILES string of the molecule is O=C(Nc1cnoc1)C1CCCN1C1CCNCC1. The van der Waals surface area contributed by atoms with Crippen LogP contribution in [0.3, 0.4) is 0 Å². The Balaban J connectivity index is 1.63. The molecule has 1 atom stereocenters. The summed E-state index contributed by atoms with van der Waals surface area (Å²) in [6, 6.07) is 0.542. The molecule has 0 aromatic carbocycles. The Morgan fingerprint density at radius 3 is 3.00 bits per heavy atom. The van der Waals surface area contributed by atoms with Crippen molar-refractivity contribution in [2.45, 2.75) is 37.8 Å². The predicted octanol–water partition coefficient (Wildman–Crippen LogP) is 0.829. The van der Waals surface area contributed by atoms with Gasteiger partial charge in [-0.05, 0) is 45.3 Å². The molecular weight excluding hydrogens is 244 g/mol. The third kappa shape index (κ3) is 2.79. The number of piperidine rings is 1. The van der Waals surface area contributed by atoms with Gasteiger partial charge in [-0.15, -0.1) is 0 Å². The summed E-state index contributed by atoms with van der Waals surface area (Å²) in [6.07, 6.45) is 7.31. The fourth-order valence-corrected chi connectivity index (χ4v) is 3.14. The van der Waals surface area contributed by atoms with Crippen molar-refractivity contribution in [3.8, 4) is 0 Å². The van der Waals surface area contributed by atoms with Gasteiger partial charge in [0.25, 0.3) is 0 Å². The summed E-state index contributed by atoms with van der Waals surface area (Å²) in [7, 11) is 0. The predicted molar refractivity (Wildman–Crippen MR) is 70.8 cm³/mol. The van der Waals surface area contributed by atoms with Crippen molar-refractivity contribution in [2.75, 3.05) is 25.0 Å². The second-order valence-corrected chi connectivity index (χ2v) is 5.28. The molecule has 19 heavy (non-hydrogen) atoms. The van der Waals surface area contributed by atoms with E-state index in [0.29, 0.717) is 11.7 Å². The lowest BCUT2D eigenvalue weighted by molar-refractivity contribution is -0.121. The molecule has 1 aromatic rings. The summed E-state index contributed by atoms with van der Waals surface area (Å²) in [5.41, 5.74) is 0.641. The lowest BCUT2D eigenvalue weighted by Gasteiger charge is -2.35. The Kier molecular flexibility index (Phi) is 3.79. The van der Waals surface area contributed by atoms with Crippen molar-refractivity contribution in [2.24, 2.45) is 0 Å². The van der Waals surface area contributed by atoms with Crippen molar-refractivity contribution in [1.29, 1.82) is 0 Å². The average molecular weight is 264 g/mol. The summed E-state index contributed by atoms with van der Waals surface area (Å²) in [5.74, 6) is 0.0687. The first kappa shape index (κ1) is 12.6. The van der Waals surface area contributed by atoms with Crippen molar-refractivity contribution in [1.82, 2.24) is 15.4 Å². The molecule has 6 heteroatoms. The monoisotopic (exact) mass is 264 g/mol. The average Bonchev–Trinajstić information content (AvgIpc) is 3.10. The number of likely N-dealkylation sites (tertiary alicyclic amines) is 1. The molecule has 2 aliphatic rings. The number of rotatable bonds is 3. The number of carbonyl (C=O) groups excluding carboxylic acids is 1. The third-order valence-electron chi connectivity index (χ3n) is 4.07. The molecule has 0 saturated carbocycles. The van der Waals surface area contributed by atoms with E-state index in [1.165, 1.54) is 12.5 Å². The van der Waals surface area contributed by atoms with Crippen molar-refractivity contribution >= 4 is 11.6 Å². The third-order valence-corrected chi connectivity index (χ3v) is 4.07. The van der Waals surface area contributed by atoms with E-state index in [-0.39, 0.29) is 11.9 Å². The molecule has 0 aliphatic carbocycles. The molecule has 1 amide bonds. The van der Waals surface area contributed by atoms with E-state index in [2.05, 4.69) is 20.7 Å². The first-order chi connectivity index (χ1) is 9.34. The van der Waals surface area contributed by atoms with Gasteiger partial charge in [0.1, 0.15) is 12.0 Å². The molecule has 2 saturated heterocycles. The highest BCUT2D eigenvalue weighted by molar-refractivity contribution is 5.94. The van der Waals surface area contributed by atoms with Gasteiger partial charge in [-0.2, -0.15) is 0 Å². The van der Waals surface area contributed by atoms with Crippen LogP contribution in [-0.2, 0) is 4.79 Å². The Morgan fingerprint density at radius 2 is 2.26 bits per heavy atom. The summed E-state index contributed by atoms with van der Waals surface area (Å²) in [6.45, 7) is 3.15. The maximum Gasteiger partial charge on any atom is 0.241 e. The molecule has 104 valence electrons. The summed E-state index contributed by atoms with van der Waals surface area (Å²) >= 11 is 0. The first-order valence-electron chi connectivity index (χ1n) is 7.01. The zero-order valence-corrected chi connectivity index (χ0v) is 11.0. The van der Waals surface area contributed by atoms with Gasteiger partial charge in [-0.3, -0.25) is 9.69 Å². The van der Waals surface area contributed by atoms with Crippen LogP contribution in [0.5, 0.6) is 0 Å². The van der Waals surface area contributed by atoms with E-state index in [1.54, 1.807) is 0 Å². The van der Waals surface area contributed by atoms with E-state index < -0.39 is 0 Å². The minimum atomic E-state index is -0.00185. The van der Waals surface area contributed by atoms with E-state index in [1.807, 2.05) is 0 Å². The van der Waals surface area contributed by atoms with E-state index in [4.69, 9.17) is 4.52 Å². The summed E-state index contributed by atoms with van der Waals surface area (Å²) < 4.78 is 4.73. The molecule has 6 nitrogen and oxygen atoms in total. The zero-order chi connectivity index (χ0) is 13.1. The van der Waals surface area contributed by atoms with Crippen LogP contribution in [-0.4, -0.2) is 47.7 Å². The largest absolute Gasteiger partial charge is 0.363 e. The second-order valence-electron chi connectivity index (χ2n) is 5.28. The molecule has 2 N–H and O–H groups in total. The van der Waals surface area contributed by atoms with Crippen molar-refractivity contribution < 1.29 is 9.32 Å². The van der Waals surface area contributed by atoms with Crippen LogP contribution in [0.1, 0.15) is 25.7 Å². The quantitative estimate of drug-likeness (QED) is 0.846. The number of nitrogens with one attached hydrogen (secondary N) is 2. The smallest absolute Gasteiger partial charge is 0.241 e. The maximum atomic E-state index is 12.3. The van der Waals surface area contributed by atoms with Crippen molar-refractivity contribution in [3.63, 3.8) is 0 Å². The van der Waals surface area contributed by atoms with Crippen LogP contribution in [0.2, 0.25) is 0 Å². The lowest BCUT2D eigenvalue weighted by Crippen LogP contribution is -2.49. The van der Waals surface area contributed by atoms with E-state index in [9.17, 15) is 4.79 Å². The van der Waals surface area contributed by atoms with Gasteiger partial charge in [0.05, 0.1) is 12.2 Å². The van der Waals surface area contributed by atoms with E-state index >= 15 is 0 Å². The fraction of sp³-hybridized carbons (Fsp3) is 0.692. The molecule has 2 fully saturated rings. The number of aromatic nitrogens is 1. The number of nitrogens with zero attached hydrogens (tertiary/aromatic N) is 2. The van der Waals surface area contributed by atoms with Crippen LogP contribution in [0, 0.1) is 0 Å². The molecule has 1 unspecified atom stereocenters. The standard InChI is InChI=1S/C13H20N4O2/c18-13(16-10-8-15-19-9-10)12-2-1-7-17(12)11-3-5-14-6-4-11/h8-9,11-12,14H,1-7H2,(H,16,18). The van der Waals surface area contributed by atoms with Crippen LogP contribution in [0.25, 0.3) is 0 Å². The van der Waals surface area contributed by atoms with Crippen LogP contribution in [0.4, 0.5) is 5.69 Å². The summed E-state index contributed by atoms with van der Waals surface area (Å²) in [4.78, 5) is 14.7. The fourth-order valence-electron chi connectivity index (χ4n) is 3.14.